The Morgan fingerprint density at radius 1 is 1.38 bits per heavy atom. The molecule has 1 fully saturated rings. The van der Waals surface area contributed by atoms with Gasteiger partial charge < -0.3 is 15.4 Å². The van der Waals surface area contributed by atoms with Crippen molar-refractivity contribution in [3.05, 3.63) is 69.3 Å². The van der Waals surface area contributed by atoms with Crippen molar-refractivity contribution >= 4 is 27.7 Å². The second-order valence-corrected chi connectivity index (χ2v) is 8.94. The minimum Gasteiger partial charge on any atom is -0.482 e. The lowest BCUT2D eigenvalue weighted by Crippen LogP contribution is -2.32. The molecule has 0 spiro atoms. The van der Waals surface area contributed by atoms with Gasteiger partial charge in [-0.25, -0.2) is 13.8 Å². The standard InChI is InChI=1S/C23H21BrF2N6O2/c1-12(34-21-5-13(24)10-29-22(21)28)18-6-14(25)3-4-17(18)23(33)32-11-15(26)7-20(32)19-8-16(9-27)31(2)30-19/h3-6,8,10,12,15,20H,7,11H2,1-2H3,(H2,28,29)/t12?,15-,20+/m1/s1. The van der Waals surface area contributed by atoms with Crippen LogP contribution in [0.15, 0.2) is 41.0 Å². The Labute approximate surface area is 203 Å². The average molecular weight is 531 g/mol. The molecule has 8 nitrogen and oxygen atoms in total. The van der Waals surface area contributed by atoms with E-state index in [9.17, 15) is 18.8 Å². The van der Waals surface area contributed by atoms with Gasteiger partial charge in [-0.1, -0.05) is 0 Å². The van der Waals surface area contributed by atoms with Crippen molar-refractivity contribution < 1.29 is 18.3 Å². The van der Waals surface area contributed by atoms with E-state index >= 15 is 0 Å². The van der Waals surface area contributed by atoms with Gasteiger partial charge in [0, 0.05) is 35.3 Å². The van der Waals surface area contributed by atoms with Gasteiger partial charge in [0.2, 0.25) is 0 Å². The van der Waals surface area contributed by atoms with Crippen LogP contribution < -0.4 is 10.5 Å². The second kappa shape index (κ2) is 9.38. The predicted octanol–water partition coefficient (Wildman–Crippen LogP) is 4.24. The molecular weight excluding hydrogens is 510 g/mol. The molecule has 3 atom stereocenters. The quantitative estimate of drug-likeness (QED) is 0.528. The number of hydrogen-bond acceptors (Lipinski definition) is 6. The number of nitrogens with zero attached hydrogens (tertiary/aromatic N) is 5. The van der Waals surface area contributed by atoms with Crippen LogP contribution in [0.25, 0.3) is 0 Å². The zero-order valence-electron chi connectivity index (χ0n) is 18.4. The summed E-state index contributed by atoms with van der Waals surface area (Å²) in [7, 11) is 1.61. The number of nitrogens with two attached hydrogens (primary N) is 1. The van der Waals surface area contributed by atoms with Gasteiger partial charge >= 0.3 is 0 Å². The summed E-state index contributed by atoms with van der Waals surface area (Å²) in [6, 6.07) is 8.27. The summed E-state index contributed by atoms with van der Waals surface area (Å²) in [6.45, 7) is 1.51. The van der Waals surface area contributed by atoms with Crippen molar-refractivity contribution in [2.75, 3.05) is 12.3 Å². The van der Waals surface area contributed by atoms with Crippen LogP contribution in [-0.2, 0) is 7.05 Å². The highest BCUT2D eigenvalue weighted by Gasteiger charge is 2.39. The Bertz CT molecular complexity index is 1290. The lowest BCUT2D eigenvalue weighted by molar-refractivity contribution is 0.0720. The van der Waals surface area contributed by atoms with Crippen molar-refractivity contribution in [3.63, 3.8) is 0 Å². The second-order valence-electron chi connectivity index (χ2n) is 8.02. The monoisotopic (exact) mass is 530 g/mol. The number of nitriles is 1. The van der Waals surface area contributed by atoms with E-state index in [4.69, 9.17) is 10.5 Å². The third-order valence-corrected chi connectivity index (χ3v) is 6.13. The number of alkyl halides is 1. The van der Waals surface area contributed by atoms with Crippen LogP contribution in [0.2, 0.25) is 0 Å². The first-order valence-electron chi connectivity index (χ1n) is 10.4. The molecule has 3 aromatic rings. The molecule has 0 radical (unpaired) electrons. The molecule has 1 aliphatic heterocycles. The van der Waals surface area contributed by atoms with E-state index in [1.54, 1.807) is 26.1 Å². The van der Waals surface area contributed by atoms with Crippen LogP contribution in [0, 0.1) is 17.1 Å². The predicted molar refractivity (Wildman–Crippen MR) is 123 cm³/mol. The molecule has 1 amide bonds. The van der Waals surface area contributed by atoms with Gasteiger partial charge in [-0.15, -0.1) is 0 Å². The number of pyridine rings is 1. The molecule has 0 aliphatic carbocycles. The fourth-order valence-corrected chi connectivity index (χ4v) is 4.36. The lowest BCUT2D eigenvalue weighted by atomic mass is 10.0. The smallest absolute Gasteiger partial charge is 0.254 e. The van der Waals surface area contributed by atoms with Gasteiger partial charge in [-0.2, -0.15) is 10.4 Å². The molecule has 2 aromatic heterocycles. The summed E-state index contributed by atoms with van der Waals surface area (Å²) in [5.74, 6) is -0.625. The topological polar surface area (TPSA) is 110 Å². The average Bonchev–Trinajstić information content (AvgIpc) is 3.37. The molecule has 1 aromatic carbocycles. The zero-order chi connectivity index (χ0) is 24.6. The maximum atomic E-state index is 14.5. The number of aromatic nitrogens is 3. The number of anilines is 1. The molecule has 3 heterocycles. The van der Waals surface area contributed by atoms with Crippen LogP contribution in [0.3, 0.4) is 0 Å². The molecule has 1 unspecified atom stereocenters. The maximum Gasteiger partial charge on any atom is 0.254 e. The van der Waals surface area contributed by atoms with E-state index < -0.39 is 30.0 Å². The van der Waals surface area contributed by atoms with E-state index in [0.29, 0.717) is 15.9 Å². The molecule has 11 heteroatoms. The van der Waals surface area contributed by atoms with Crippen molar-refractivity contribution in [2.24, 2.45) is 7.05 Å². The lowest BCUT2D eigenvalue weighted by Gasteiger charge is -2.26. The molecule has 1 saturated heterocycles. The molecule has 176 valence electrons. The maximum absolute atomic E-state index is 14.5. The first-order chi connectivity index (χ1) is 16.2. The fourth-order valence-electron chi connectivity index (χ4n) is 4.05. The minimum absolute atomic E-state index is 0.0520. The zero-order valence-corrected chi connectivity index (χ0v) is 20.0. The highest BCUT2D eigenvalue weighted by Crippen LogP contribution is 2.36. The molecule has 4 rings (SSSR count). The SMILES string of the molecule is CC(Oc1cc(Br)cnc1N)c1cc(F)ccc1C(=O)N1C[C@H](F)C[C@H]1c1cc(C#N)n(C)n1. The van der Waals surface area contributed by atoms with Crippen LogP contribution in [0.5, 0.6) is 5.75 Å². The Morgan fingerprint density at radius 2 is 2.15 bits per heavy atom. The normalized spacial score (nSPS) is 18.5. The molecule has 1 aliphatic rings. The number of nitrogen functional groups attached to an aromatic ring is 1. The van der Waals surface area contributed by atoms with E-state index in [-0.39, 0.29) is 35.7 Å². The number of halogens is 3. The summed E-state index contributed by atoms with van der Waals surface area (Å²) in [5.41, 5.74) is 7.07. The number of aryl methyl sites for hydroxylation is 1. The van der Waals surface area contributed by atoms with Crippen molar-refractivity contribution in [2.45, 2.75) is 31.7 Å². The van der Waals surface area contributed by atoms with Gasteiger partial charge in [0.15, 0.2) is 11.6 Å². The number of carbonyl (C=O) groups excluding carboxylic acids is 1. The van der Waals surface area contributed by atoms with Crippen LogP contribution in [-0.4, -0.2) is 38.3 Å². The summed E-state index contributed by atoms with van der Waals surface area (Å²) in [4.78, 5) is 19.0. The van der Waals surface area contributed by atoms with Crippen LogP contribution in [0.4, 0.5) is 14.6 Å². The van der Waals surface area contributed by atoms with Crippen LogP contribution in [0.1, 0.15) is 52.8 Å². The Kier molecular flexibility index (Phi) is 6.52. The minimum atomic E-state index is -1.26. The first-order valence-corrected chi connectivity index (χ1v) is 11.2. The summed E-state index contributed by atoms with van der Waals surface area (Å²) in [6.07, 6.45) is -0.460. The number of carbonyl (C=O) groups is 1. The Hall–Kier alpha value is -3.52. The molecule has 2 N–H and O–H groups in total. The Morgan fingerprint density at radius 3 is 2.85 bits per heavy atom. The first kappa shape index (κ1) is 23.6. The molecular formula is C23H21BrF2N6O2. The fraction of sp³-hybridized carbons (Fsp3) is 0.304. The molecule has 34 heavy (non-hydrogen) atoms. The number of rotatable bonds is 5. The van der Waals surface area contributed by atoms with Crippen molar-refractivity contribution in [1.82, 2.24) is 19.7 Å². The van der Waals surface area contributed by atoms with E-state index in [0.717, 1.165) is 0 Å². The largest absolute Gasteiger partial charge is 0.482 e. The van der Waals surface area contributed by atoms with Crippen LogP contribution >= 0.6 is 15.9 Å². The molecule has 0 saturated carbocycles. The van der Waals surface area contributed by atoms with Gasteiger partial charge in [0.05, 0.1) is 18.3 Å². The number of benzene rings is 1. The van der Waals surface area contributed by atoms with E-state index in [1.807, 2.05) is 6.07 Å². The highest BCUT2D eigenvalue weighted by molar-refractivity contribution is 9.10. The van der Waals surface area contributed by atoms with E-state index in [1.165, 1.54) is 34.0 Å². The van der Waals surface area contributed by atoms with Gasteiger partial charge in [-0.3, -0.25) is 9.48 Å². The summed E-state index contributed by atoms with van der Waals surface area (Å²) >= 11 is 3.30. The number of amides is 1. The number of likely N-dealkylation sites (tertiary alicyclic amines) is 1. The van der Waals surface area contributed by atoms with Gasteiger partial charge in [0.25, 0.3) is 5.91 Å². The summed E-state index contributed by atoms with van der Waals surface area (Å²) in [5, 5.41) is 13.5. The van der Waals surface area contributed by atoms with Gasteiger partial charge in [-0.05, 0) is 53.2 Å². The number of ether oxygens (including phenoxy) is 1. The molecule has 0 bridgehead atoms. The number of hydrogen-bond donors (Lipinski definition) is 1. The van der Waals surface area contributed by atoms with E-state index in [2.05, 4.69) is 26.0 Å². The van der Waals surface area contributed by atoms with Crippen molar-refractivity contribution in [3.8, 4) is 11.8 Å². The summed E-state index contributed by atoms with van der Waals surface area (Å²) < 4.78 is 36.6. The third-order valence-electron chi connectivity index (χ3n) is 5.70. The Balaban J connectivity index is 1.67. The highest BCUT2D eigenvalue weighted by atomic mass is 79.9. The van der Waals surface area contributed by atoms with Gasteiger partial charge in [0.1, 0.15) is 29.9 Å². The third kappa shape index (κ3) is 4.59. The van der Waals surface area contributed by atoms with Crippen molar-refractivity contribution in [1.29, 1.82) is 5.26 Å².